The molecular weight excluding hydrogens is 246 g/mol. The van der Waals surface area contributed by atoms with Crippen LogP contribution < -0.4 is 16.0 Å². The number of nitrogen functional groups attached to an aromatic ring is 1. The summed E-state index contributed by atoms with van der Waals surface area (Å²) in [7, 11) is 3.62. The zero-order valence-corrected chi connectivity index (χ0v) is 12.2. The van der Waals surface area contributed by atoms with Crippen LogP contribution >= 0.6 is 11.8 Å². The van der Waals surface area contributed by atoms with Crippen molar-refractivity contribution in [3.05, 3.63) is 23.8 Å². The molecule has 1 aromatic rings. The van der Waals surface area contributed by atoms with Crippen molar-refractivity contribution in [3.8, 4) is 0 Å². The second kappa shape index (κ2) is 6.54. The number of nitrogens with zero attached hydrogens (tertiary/aromatic N) is 1. The Morgan fingerprint density at radius 2 is 2.22 bits per heavy atom. The first kappa shape index (κ1) is 14.7. The molecule has 0 saturated carbocycles. The Bertz CT molecular complexity index is 423. The first-order valence-corrected chi connectivity index (χ1v) is 7.24. The highest BCUT2D eigenvalue weighted by Gasteiger charge is 2.14. The van der Waals surface area contributed by atoms with E-state index in [-0.39, 0.29) is 5.91 Å². The van der Waals surface area contributed by atoms with Gasteiger partial charge >= 0.3 is 0 Å². The van der Waals surface area contributed by atoms with Crippen molar-refractivity contribution in [1.82, 2.24) is 5.32 Å². The molecule has 0 aromatic heterocycles. The lowest BCUT2D eigenvalue weighted by Gasteiger charge is -2.28. The maximum Gasteiger partial charge on any atom is 0.251 e. The second-order valence-corrected chi connectivity index (χ2v) is 5.18. The Hall–Kier alpha value is -1.36. The molecule has 100 valence electrons. The molecule has 5 heteroatoms. The standard InChI is InChI=1S/C13H21N3OS/c1-9(8-18-4)16(3)12-7-10(13(17)15-2)5-6-11(12)14/h5-7,9H,8,14H2,1-4H3,(H,15,17). The van der Waals surface area contributed by atoms with Crippen LogP contribution in [0.3, 0.4) is 0 Å². The molecule has 0 spiro atoms. The van der Waals surface area contributed by atoms with E-state index < -0.39 is 0 Å². The number of hydrogen-bond donors (Lipinski definition) is 2. The van der Waals surface area contributed by atoms with Crippen molar-refractivity contribution in [1.29, 1.82) is 0 Å². The first-order chi connectivity index (χ1) is 8.51. The third-order valence-electron chi connectivity index (χ3n) is 2.97. The molecule has 0 fully saturated rings. The predicted octanol–water partition coefficient (Wildman–Crippen LogP) is 1.82. The number of anilines is 2. The van der Waals surface area contributed by atoms with Crippen molar-refractivity contribution < 1.29 is 4.79 Å². The lowest BCUT2D eigenvalue weighted by molar-refractivity contribution is 0.0963. The molecule has 18 heavy (non-hydrogen) atoms. The molecule has 0 aliphatic carbocycles. The van der Waals surface area contributed by atoms with Crippen molar-refractivity contribution in [2.45, 2.75) is 13.0 Å². The molecule has 1 aromatic carbocycles. The number of carbonyl (C=O) groups excluding carboxylic acids is 1. The zero-order valence-electron chi connectivity index (χ0n) is 11.4. The molecule has 1 rings (SSSR count). The van der Waals surface area contributed by atoms with Crippen LogP contribution in [0.4, 0.5) is 11.4 Å². The molecule has 0 radical (unpaired) electrons. The van der Waals surface area contributed by atoms with Crippen LogP contribution in [0.5, 0.6) is 0 Å². The summed E-state index contributed by atoms with van der Waals surface area (Å²) in [4.78, 5) is 13.7. The summed E-state index contributed by atoms with van der Waals surface area (Å²) in [6.07, 6.45) is 2.08. The van der Waals surface area contributed by atoms with Crippen LogP contribution in [-0.2, 0) is 0 Å². The SMILES string of the molecule is CNC(=O)c1ccc(N)c(N(C)C(C)CSC)c1. The average Bonchev–Trinajstić information content (AvgIpc) is 2.37. The summed E-state index contributed by atoms with van der Waals surface area (Å²) < 4.78 is 0. The number of benzene rings is 1. The molecule has 0 aliphatic rings. The van der Waals surface area contributed by atoms with Gasteiger partial charge in [-0.3, -0.25) is 4.79 Å². The number of rotatable bonds is 5. The molecule has 1 amide bonds. The van der Waals surface area contributed by atoms with E-state index in [0.29, 0.717) is 17.3 Å². The van der Waals surface area contributed by atoms with E-state index in [2.05, 4.69) is 23.4 Å². The van der Waals surface area contributed by atoms with Crippen LogP contribution in [-0.4, -0.2) is 38.1 Å². The van der Waals surface area contributed by atoms with E-state index in [0.717, 1.165) is 11.4 Å². The maximum atomic E-state index is 11.6. The minimum Gasteiger partial charge on any atom is -0.397 e. The van der Waals surface area contributed by atoms with Crippen molar-refractivity contribution >= 4 is 29.0 Å². The van der Waals surface area contributed by atoms with Gasteiger partial charge in [0.05, 0.1) is 11.4 Å². The monoisotopic (exact) mass is 267 g/mol. The van der Waals surface area contributed by atoms with E-state index in [4.69, 9.17) is 5.73 Å². The fourth-order valence-corrected chi connectivity index (χ4v) is 2.43. The third-order valence-corrected chi connectivity index (χ3v) is 3.78. The van der Waals surface area contributed by atoms with Crippen LogP contribution in [0.15, 0.2) is 18.2 Å². The number of nitrogens with two attached hydrogens (primary N) is 1. The fourth-order valence-electron chi connectivity index (χ4n) is 1.73. The Morgan fingerprint density at radius 1 is 1.56 bits per heavy atom. The quantitative estimate of drug-likeness (QED) is 0.799. The van der Waals surface area contributed by atoms with E-state index >= 15 is 0 Å². The number of nitrogens with one attached hydrogen (secondary N) is 1. The molecule has 0 saturated heterocycles. The number of thioether (sulfide) groups is 1. The lowest BCUT2D eigenvalue weighted by Crippen LogP contribution is -2.31. The van der Waals surface area contributed by atoms with Crippen LogP contribution in [0, 0.1) is 0 Å². The van der Waals surface area contributed by atoms with Gasteiger partial charge in [0.2, 0.25) is 0 Å². The van der Waals surface area contributed by atoms with Gasteiger partial charge in [0.25, 0.3) is 5.91 Å². The van der Waals surface area contributed by atoms with E-state index in [9.17, 15) is 4.79 Å². The van der Waals surface area contributed by atoms with Gasteiger partial charge in [0.15, 0.2) is 0 Å². The summed E-state index contributed by atoms with van der Waals surface area (Å²) in [5.41, 5.74) is 8.21. The molecular formula is C13H21N3OS. The number of hydrogen-bond acceptors (Lipinski definition) is 4. The summed E-state index contributed by atoms with van der Waals surface area (Å²) in [6, 6.07) is 5.72. The molecule has 0 bridgehead atoms. The van der Waals surface area contributed by atoms with Gasteiger partial charge in [-0.15, -0.1) is 0 Å². The minimum absolute atomic E-state index is 0.0952. The summed E-state index contributed by atoms with van der Waals surface area (Å²) in [6.45, 7) is 2.14. The topological polar surface area (TPSA) is 58.4 Å². The molecule has 4 nitrogen and oxygen atoms in total. The van der Waals surface area contributed by atoms with Gasteiger partial charge in [-0.2, -0.15) is 11.8 Å². The molecule has 0 heterocycles. The zero-order chi connectivity index (χ0) is 13.7. The molecule has 0 aliphatic heterocycles. The fraction of sp³-hybridized carbons (Fsp3) is 0.462. The van der Waals surface area contributed by atoms with Gasteiger partial charge in [-0.1, -0.05) is 0 Å². The van der Waals surface area contributed by atoms with Gasteiger partial charge in [0, 0.05) is 31.5 Å². The van der Waals surface area contributed by atoms with Crippen molar-refractivity contribution in [3.63, 3.8) is 0 Å². The van der Waals surface area contributed by atoms with Gasteiger partial charge in [-0.25, -0.2) is 0 Å². The normalized spacial score (nSPS) is 12.0. The molecule has 1 atom stereocenters. The Labute approximate surface area is 113 Å². The van der Waals surface area contributed by atoms with E-state index in [1.165, 1.54) is 0 Å². The molecule has 1 unspecified atom stereocenters. The van der Waals surface area contributed by atoms with Crippen LogP contribution in [0.2, 0.25) is 0 Å². The summed E-state index contributed by atoms with van der Waals surface area (Å²) >= 11 is 1.79. The average molecular weight is 267 g/mol. The van der Waals surface area contributed by atoms with Crippen LogP contribution in [0.1, 0.15) is 17.3 Å². The lowest BCUT2D eigenvalue weighted by atomic mass is 10.1. The minimum atomic E-state index is -0.0952. The van der Waals surface area contributed by atoms with Crippen molar-refractivity contribution in [2.75, 3.05) is 36.7 Å². The Kier molecular flexibility index (Phi) is 5.34. The van der Waals surface area contributed by atoms with Gasteiger partial charge in [-0.05, 0) is 31.4 Å². The third kappa shape index (κ3) is 3.32. The number of carbonyl (C=O) groups is 1. The predicted molar refractivity (Wildman–Crippen MR) is 80.5 cm³/mol. The maximum absolute atomic E-state index is 11.6. The van der Waals surface area contributed by atoms with E-state index in [1.807, 2.05) is 13.1 Å². The summed E-state index contributed by atoms with van der Waals surface area (Å²) in [5, 5.41) is 2.62. The smallest absolute Gasteiger partial charge is 0.251 e. The van der Waals surface area contributed by atoms with Crippen LogP contribution in [0.25, 0.3) is 0 Å². The largest absolute Gasteiger partial charge is 0.397 e. The number of amides is 1. The van der Waals surface area contributed by atoms with E-state index in [1.54, 1.807) is 30.9 Å². The molecule has 3 N–H and O–H groups in total. The highest BCUT2D eigenvalue weighted by atomic mass is 32.2. The highest BCUT2D eigenvalue weighted by molar-refractivity contribution is 7.98. The second-order valence-electron chi connectivity index (χ2n) is 4.27. The van der Waals surface area contributed by atoms with Gasteiger partial charge < -0.3 is 16.0 Å². The Balaban J connectivity index is 3.03. The summed E-state index contributed by atoms with van der Waals surface area (Å²) in [5.74, 6) is 0.919. The highest BCUT2D eigenvalue weighted by Crippen LogP contribution is 2.25. The first-order valence-electron chi connectivity index (χ1n) is 5.84. The van der Waals surface area contributed by atoms with Crippen molar-refractivity contribution in [2.24, 2.45) is 0 Å². The van der Waals surface area contributed by atoms with Gasteiger partial charge in [0.1, 0.15) is 0 Å². The Morgan fingerprint density at radius 3 is 2.78 bits per heavy atom.